The second-order valence-corrected chi connectivity index (χ2v) is 7.94. The van der Waals surface area contributed by atoms with Crippen molar-refractivity contribution in [2.45, 2.75) is 39.4 Å². The molecule has 0 saturated carbocycles. The normalized spacial score (nSPS) is 12.1. The number of nitrogens with one attached hydrogen (secondary N) is 1. The largest absolute Gasteiger partial charge is 0.456 e. The number of hydrogen-bond donors (Lipinski definition) is 1. The predicted molar refractivity (Wildman–Crippen MR) is 128 cm³/mol. The second kappa shape index (κ2) is 9.73. The molecular formula is C26H27N3O4. The number of hydrogen-bond acceptors (Lipinski definition) is 4. The molecule has 1 aromatic heterocycles. The number of benzene rings is 3. The van der Waals surface area contributed by atoms with Gasteiger partial charge < -0.3 is 10.1 Å². The zero-order valence-electron chi connectivity index (χ0n) is 18.8. The SMILES string of the molecule is CCn1c(=O)n(CCC(=O)OCC(=O)NC(C)c2cccc3ccccc23)c2ccccc21. The van der Waals surface area contributed by atoms with Gasteiger partial charge in [-0.2, -0.15) is 0 Å². The van der Waals surface area contributed by atoms with E-state index in [0.717, 1.165) is 27.4 Å². The molecule has 4 rings (SSSR count). The van der Waals surface area contributed by atoms with E-state index in [-0.39, 0.29) is 37.2 Å². The highest BCUT2D eigenvalue weighted by molar-refractivity contribution is 5.87. The number of para-hydroxylation sites is 2. The molecule has 33 heavy (non-hydrogen) atoms. The highest BCUT2D eigenvalue weighted by Gasteiger charge is 2.16. The minimum atomic E-state index is -0.525. The van der Waals surface area contributed by atoms with E-state index in [1.165, 1.54) is 0 Å². The molecule has 1 heterocycles. The number of rotatable bonds is 8. The number of ether oxygens (including phenoxy) is 1. The maximum Gasteiger partial charge on any atom is 0.329 e. The fourth-order valence-corrected chi connectivity index (χ4v) is 4.20. The molecule has 0 saturated heterocycles. The van der Waals surface area contributed by atoms with Gasteiger partial charge in [0.15, 0.2) is 6.61 Å². The van der Waals surface area contributed by atoms with E-state index < -0.39 is 5.97 Å². The summed E-state index contributed by atoms with van der Waals surface area (Å²) in [7, 11) is 0. The zero-order chi connectivity index (χ0) is 23.4. The molecule has 0 radical (unpaired) electrons. The average molecular weight is 446 g/mol. The lowest BCUT2D eigenvalue weighted by Gasteiger charge is -2.16. The summed E-state index contributed by atoms with van der Waals surface area (Å²) >= 11 is 0. The standard InChI is InChI=1S/C26H27N3O4/c1-3-28-22-13-6-7-14-23(22)29(26(28)32)16-15-25(31)33-17-24(30)27-18(2)20-12-8-10-19-9-4-5-11-21(19)20/h4-14,18H,3,15-17H2,1-2H3,(H,27,30). The van der Waals surface area contributed by atoms with E-state index in [1.807, 2.05) is 80.6 Å². The first-order valence-electron chi connectivity index (χ1n) is 11.1. The number of aryl methyl sites for hydroxylation is 2. The smallest absolute Gasteiger partial charge is 0.329 e. The van der Waals surface area contributed by atoms with Gasteiger partial charge in [-0.05, 0) is 42.3 Å². The summed E-state index contributed by atoms with van der Waals surface area (Å²) in [5.41, 5.74) is 2.45. The van der Waals surface area contributed by atoms with Gasteiger partial charge in [-0.1, -0.05) is 54.6 Å². The van der Waals surface area contributed by atoms with Crippen molar-refractivity contribution in [3.8, 4) is 0 Å². The molecule has 0 spiro atoms. The molecule has 0 aliphatic carbocycles. The van der Waals surface area contributed by atoms with Crippen molar-refractivity contribution in [3.63, 3.8) is 0 Å². The Kier molecular flexibility index (Phi) is 6.58. The van der Waals surface area contributed by atoms with Gasteiger partial charge in [-0.15, -0.1) is 0 Å². The maximum absolute atomic E-state index is 12.7. The molecule has 7 heteroatoms. The molecule has 1 unspecified atom stereocenters. The number of carbonyl (C=O) groups excluding carboxylic acids is 2. The summed E-state index contributed by atoms with van der Waals surface area (Å²) in [4.78, 5) is 37.3. The van der Waals surface area contributed by atoms with Gasteiger partial charge in [0.05, 0.1) is 23.5 Å². The molecule has 0 fully saturated rings. The van der Waals surface area contributed by atoms with Crippen LogP contribution in [0.2, 0.25) is 0 Å². The van der Waals surface area contributed by atoms with Crippen LogP contribution < -0.4 is 11.0 Å². The lowest BCUT2D eigenvalue weighted by Crippen LogP contribution is -2.31. The Balaban J connectivity index is 1.33. The Morgan fingerprint density at radius 3 is 2.36 bits per heavy atom. The summed E-state index contributed by atoms with van der Waals surface area (Å²) in [6.45, 7) is 4.19. The molecule has 0 bridgehead atoms. The lowest BCUT2D eigenvalue weighted by molar-refractivity contribution is -0.148. The van der Waals surface area contributed by atoms with E-state index in [9.17, 15) is 14.4 Å². The molecule has 7 nitrogen and oxygen atoms in total. The Hall–Kier alpha value is -3.87. The third-order valence-electron chi connectivity index (χ3n) is 5.81. The quantitative estimate of drug-likeness (QED) is 0.419. The first kappa shape index (κ1) is 22.3. The first-order valence-corrected chi connectivity index (χ1v) is 11.1. The topological polar surface area (TPSA) is 82.3 Å². The third-order valence-corrected chi connectivity index (χ3v) is 5.81. The summed E-state index contributed by atoms with van der Waals surface area (Å²) in [6, 6.07) is 21.2. The van der Waals surface area contributed by atoms with Crippen molar-refractivity contribution in [1.82, 2.24) is 14.5 Å². The van der Waals surface area contributed by atoms with Crippen LogP contribution in [0.5, 0.6) is 0 Å². The zero-order valence-corrected chi connectivity index (χ0v) is 18.8. The van der Waals surface area contributed by atoms with Crippen LogP contribution in [0.1, 0.15) is 31.9 Å². The molecule has 1 amide bonds. The summed E-state index contributed by atoms with van der Waals surface area (Å²) in [5, 5.41) is 5.06. The third kappa shape index (κ3) is 4.67. The molecule has 0 aliphatic rings. The number of amides is 1. The Bertz CT molecular complexity index is 1360. The van der Waals surface area contributed by atoms with E-state index in [2.05, 4.69) is 5.32 Å². The monoisotopic (exact) mass is 445 g/mol. The van der Waals surface area contributed by atoms with Crippen LogP contribution in [0.3, 0.4) is 0 Å². The van der Waals surface area contributed by atoms with Crippen molar-refractivity contribution in [2.75, 3.05) is 6.61 Å². The molecule has 0 aliphatic heterocycles. The van der Waals surface area contributed by atoms with Gasteiger partial charge in [0.25, 0.3) is 5.91 Å². The van der Waals surface area contributed by atoms with Crippen LogP contribution in [0, 0.1) is 0 Å². The van der Waals surface area contributed by atoms with Crippen LogP contribution in [0.25, 0.3) is 21.8 Å². The fraction of sp³-hybridized carbons (Fsp3) is 0.269. The number of fused-ring (bicyclic) bond motifs is 2. The van der Waals surface area contributed by atoms with Crippen LogP contribution >= 0.6 is 0 Å². The molecular weight excluding hydrogens is 418 g/mol. The van der Waals surface area contributed by atoms with E-state index >= 15 is 0 Å². The van der Waals surface area contributed by atoms with E-state index in [1.54, 1.807) is 9.13 Å². The highest BCUT2D eigenvalue weighted by Crippen LogP contribution is 2.24. The number of imidazole rings is 1. The van der Waals surface area contributed by atoms with Crippen molar-refractivity contribution >= 4 is 33.7 Å². The molecule has 1 N–H and O–H groups in total. The van der Waals surface area contributed by atoms with Crippen LogP contribution in [-0.2, 0) is 27.4 Å². The fourth-order valence-electron chi connectivity index (χ4n) is 4.20. The molecule has 3 aromatic carbocycles. The van der Waals surface area contributed by atoms with Gasteiger partial charge >= 0.3 is 11.7 Å². The van der Waals surface area contributed by atoms with Crippen molar-refractivity contribution < 1.29 is 14.3 Å². The van der Waals surface area contributed by atoms with Crippen LogP contribution in [0.15, 0.2) is 71.5 Å². The predicted octanol–water partition coefficient (Wildman–Crippen LogP) is 3.79. The number of esters is 1. The summed E-state index contributed by atoms with van der Waals surface area (Å²) in [6.07, 6.45) is 0.00375. The second-order valence-electron chi connectivity index (χ2n) is 7.94. The van der Waals surface area contributed by atoms with E-state index in [4.69, 9.17) is 4.74 Å². The number of nitrogens with zero attached hydrogens (tertiary/aromatic N) is 2. The van der Waals surface area contributed by atoms with Crippen molar-refractivity contribution in [1.29, 1.82) is 0 Å². The van der Waals surface area contributed by atoms with Crippen molar-refractivity contribution in [3.05, 3.63) is 82.8 Å². The summed E-state index contributed by atoms with van der Waals surface area (Å²) < 4.78 is 8.40. The average Bonchev–Trinajstić information content (AvgIpc) is 3.11. The van der Waals surface area contributed by atoms with Crippen LogP contribution in [-0.4, -0.2) is 27.6 Å². The van der Waals surface area contributed by atoms with E-state index in [0.29, 0.717) is 6.54 Å². The van der Waals surface area contributed by atoms with Gasteiger partial charge in [0.2, 0.25) is 0 Å². The summed E-state index contributed by atoms with van der Waals surface area (Å²) in [5.74, 6) is -0.897. The van der Waals surface area contributed by atoms with Gasteiger partial charge in [0, 0.05) is 13.1 Å². The number of aromatic nitrogens is 2. The van der Waals surface area contributed by atoms with Gasteiger partial charge in [-0.25, -0.2) is 4.79 Å². The minimum Gasteiger partial charge on any atom is -0.456 e. The minimum absolute atomic E-state index is 0.00375. The van der Waals surface area contributed by atoms with Crippen molar-refractivity contribution in [2.24, 2.45) is 0 Å². The Morgan fingerprint density at radius 1 is 0.939 bits per heavy atom. The number of carbonyl (C=O) groups is 2. The maximum atomic E-state index is 12.7. The molecule has 4 aromatic rings. The molecule has 1 atom stereocenters. The Morgan fingerprint density at radius 2 is 1.61 bits per heavy atom. The highest BCUT2D eigenvalue weighted by atomic mass is 16.5. The van der Waals surface area contributed by atoms with Gasteiger partial charge in [-0.3, -0.25) is 18.7 Å². The van der Waals surface area contributed by atoms with Gasteiger partial charge in [0.1, 0.15) is 0 Å². The van der Waals surface area contributed by atoms with Crippen LogP contribution in [0.4, 0.5) is 0 Å². The lowest BCUT2D eigenvalue weighted by atomic mass is 10.00. The molecule has 170 valence electrons. The Labute approximate surface area is 191 Å². The first-order chi connectivity index (χ1) is 16.0.